The number of hydrogen-bond acceptors (Lipinski definition) is 2. The summed E-state index contributed by atoms with van der Waals surface area (Å²) < 4.78 is 2.57. The number of aryl methyl sites for hydroxylation is 2. The van der Waals surface area contributed by atoms with Gasteiger partial charge in [-0.25, -0.2) is 0 Å². The van der Waals surface area contributed by atoms with Crippen molar-refractivity contribution < 1.29 is 0 Å². The van der Waals surface area contributed by atoms with E-state index >= 15 is 0 Å². The number of rotatable bonds is 0. The van der Waals surface area contributed by atoms with Crippen molar-refractivity contribution in [3.8, 4) is 0 Å². The van der Waals surface area contributed by atoms with Gasteiger partial charge in [0.2, 0.25) is 0 Å². The van der Waals surface area contributed by atoms with E-state index in [-0.39, 0.29) is 0 Å². The van der Waals surface area contributed by atoms with Gasteiger partial charge in [0.05, 0.1) is 6.04 Å². The molecule has 0 saturated carbocycles. The zero-order chi connectivity index (χ0) is 13.9. The van der Waals surface area contributed by atoms with Gasteiger partial charge in [0.25, 0.3) is 0 Å². The van der Waals surface area contributed by atoms with Gasteiger partial charge in [-0.2, -0.15) is 0 Å². The standard InChI is InChI=1S/C17H23N3/c1-12-13-6-4-5-7-14(13)20-9-8-15-17(16(12)20)19(3)11-10-18(15)2/h4-7,15,17H,8-11H2,1-3H3. The molecule has 1 aromatic carbocycles. The highest BCUT2D eigenvalue weighted by molar-refractivity contribution is 5.85. The molecule has 3 heteroatoms. The summed E-state index contributed by atoms with van der Waals surface area (Å²) in [6.45, 7) is 5.82. The lowest BCUT2D eigenvalue weighted by atomic mass is 9.91. The SMILES string of the molecule is Cc1c2n(c3ccccc13)CCC1C2N(C)CCN1C. The van der Waals surface area contributed by atoms with Gasteiger partial charge in [-0.15, -0.1) is 0 Å². The number of piperazine rings is 1. The van der Waals surface area contributed by atoms with Crippen LogP contribution < -0.4 is 0 Å². The summed E-state index contributed by atoms with van der Waals surface area (Å²) in [6, 6.07) is 10.1. The van der Waals surface area contributed by atoms with Crippen LogP contribution in [-0.4, -0.2) is 47.6 Å². The Balaban J connectivity index is 1.95. The molecule has 1 aromatic heterocycles. The second-order valence-corrected chi connectivity index (χ2v) is 6.44. The van der Waals surface area contributed by atoms with Crippen molar-refractivity contribution in [3.63, 3.8) is 0 Å². The Bertz CT molecular complexity index is 658. The number of para-hydroxylation sites is 1. The largest absolute Gasteiger partial charge is 0.343 e. The predicted octanol–water partition coefficient (Wildman–Crippen LogP) is 2.64. The number of aromatic nitrogens is 1. The van der Waals surface area contributed by atoms with E-state index < -0.39 is 0 Å². The van der Waals surface area contributed by atoms with Crippen molar-refractivity contribution in [3.05, 3.63) is 35.5 Å². The molecule has 3 heterocycles. The zero-order valence-electron chi connectivity index (χ0n) is 12.6. The van der Waals surface area contributed by atoms with E-state index in [2.05, 4.69) is 59.7 Å². The molecule has 0 radical (unpaired) electrons. The fraction of sp³-hybridized carbons (Fsp3) is 0.529. The summed E-state index contributed by atoms with van der Waals surface area (Å²) >= 11 is 0. The minimum Gasteiger partial charge on any atom is -0.343 e. The van der Waals surface area contributed by atoms with Crippen molar-refractivity contribution in [1.29, 1.82) is 0 Å². The van der Waals surface area contributed by atoms with E-state index in [0.717, 1.165) is 6.54 Å². The van der Waals surface area contributed by atoms with Crippen LogP contribution in [0.25, 0.3) is 10.9 Å². The maximum atomic E-state index is 2.57. The van der Waals surface area contributed by atoms with Crippen LogP contribution in [0.3, 0.4) is 0 Å². The molecule has 2 unspecified atom stereocenters. The molecule has 0 aliphatic carbocycles. The van der Waals surface area contributed by atoms with E-state index in [4.69, 9.17) is 0 Å². The minimum absolute atomic E-state index is 0.551. The predicted molar refractivity (Wildman–Crippen MR) is 83.1 cm³/mol. The first-order valence-electron chi connectivity index (χ1n) is 7.66. The molecule has 2 aromatic rings. The van der Waals surface area contributed by atoms with Gasteiger partial charge >= 0.3 is 0 Å². The Labute approximate surface area is 120 Å². The molecule has 106 valence electrons. The second-order valence-electron chi connectivity index (χ2n) is 6.44. The lowest BCUT2D eigenvalue weighted by Crippen LogP contribution is -2.54. The van der Waals surface area contributed by atoms with E-state index in [0.29, 0.717) is 12.1 Å². The maximum Gasteiger partial charge on any atom is 0.0659 e. The van der Waals surface area contributed by atoms with Crippen molar-refractivity contribution in [2.45, 2.75) is 32.0 Å². The third kappa shape index (κ3) is 1.54. The number of nitrogens with zero attached hydrogens (tertiary/aromatic N) is 3. The lowest BCUT2D eigenvalue weighted by Gasteiger charge is -2.48. The molecule has 0 bridgehead atoms. The molecule has 2 aliphatic heterocycles. The Hall–Kier alpha value is -1.32. The number of benzene rings is 1. The van der Waals surface area contributed by atoms with Gasteiger partial charge in [-0.1, -0.05) is 18.2 Å². The molecule has 0 amide bonds. The monoisotopic (exact) mass is 269 g/mol. The van der Waals surface area contributed by atoms with Crippen LogP contribution in [0.15, 0.2) is 24.3 Å². The normalized spacial score (nSPS) is 27.6. The van der Waals surface area contributed by atoms with Crippen LogP contribution in [-0.2, 0) is 6.54 Å². The lowest BCUT2D eigenvalue weighted by molar-refractivity contribution is 0.0296. The Morgan fingerprint density at radius 3 is 2.60 bits per heavy atom. The summed E-state index contributed by atoms with van der Waals surface area (Å²) in [6.07, 6.45) is 1.26. The van der Waals surface area contributed by atoms with E-state index in [1.165, 1.54) is 36.0 Å². The molecule has 3 nitrogen and oxygen atoms in total. The summed E-state index contributed by atoms with van der Waals surface area (Å²) in [5, 5.41) is 1.43. The molecule has 2 aliphatic rings. The fourth-order valence-corrected chi connectivity index (χ4v) is 4.30. The average Bonchev–Trinajstić information content (AvgIpc) is 2.77. The van der Waals surface area contributed by atoms with Gasteiger partial charge in [-0.05, 0) is 39.1 Å². The molecule has 1 saturated heterocycles. The Kier molecular flexibility index (Phi) is 2.69. The average molecular weight is 269 g/mol. The van der Waals surface area contributed by atoms with E-state index in [1.807, 2.05) is 0 Å². The Morgan fingerprint density at radius 1 is 1.00 bits per heavy atom. The quantitative estimate of drug-likeness (QED) is 0.728. The first-order chi connectivity index (χ1) is 9.68. The minimum atomic E-state index is 0.551. The maximum absolute atomic E-state index is 2.57. The smallest absolute Gasteiger partial charge is 0.0659 e. The summed E-state index contributed by atoms with van der Waals surface area (Å²) in [5.74, 6) is 0. The van der Waals surface area contributed by atoms with Crippen molar-refractivity contribution in [2.24, 2.45) is 0 Å². The topological polar surface area (TPSA) is 11.4 Å². The summed E-state index contributed by atoms with van der Waals surface area (Å²) in [7, 11) is 4.58. The molecule has 2 atom stereocenters. The first kappa shape index (κ1) is 12.4. The number of likely N-dealkylation sites (N-methyl/N-ethyl adjacent to an activating group) is 2. The van der Waals surface area contributed by atoms with Crippen LogP contribution in [0.5, 0.6) is 0 Å². The number of fused-ring (bicyclic) bond motifs is 5. The molecular weight excluding hydrogens is 246 g/mol. The molecule has 20 heavy (non-hydrogen) atoms. The van der Waals surface area contributed by atoms with Crippen molar-refractivity contribution in [2.75, 3.05) is 27.2 Å². The molecule has 0 N–H and O–H groups in total. The Morgan fingerprint density at radius 2 is 1.75 bits per heavy atom. The molecule has 1 fully saturated rings. The highest BCUT2D eigenvalue weighted by Crippen LogP contribution is 2.41. The van der Waals surface area contributed by atoms with Gasteiger partial charge < -0.3 is 9.47 Å². The van der Waals surface area contributed by atoms with Crippen molar-refractivity contribution in [1.82, 2.24) is 14.4 Å². The van der Waals surface area contributed by atoms with Crippen LogP contribution >= 0.6 is 0 Å². The summed E-state index contributed by atoms with van der Waals surface area (Å²) in [4.78, 5) is 5.12. The van der Waals surface area contributed by atoms with Crippen molar-refractivity contribution >= 4 is 10.9 Å². The van der Waals surface area contributed by atoms with Gasteiger partial charge in [0.15, 0.2) is 0 Å². The molecule has 4 rings (SSSR count). The fourth-order valence-electron chi connectivity index (χ4n) is 4.30. The van der Waals surface area contributed by atoms with Crippen LogP contribution in [0.2, 0.25) is 0 Å². The molecular formula is C17H23N3. The van der Waals surface area contributed by atoms with Crippen LogP contribution in [0.1, 0.15) is 23.7 Å². The highest BCUT2D eigenvalue weighted by Gasteiger charge is 2.39. The van der Waals surface area contributed by atoms with Crippen LogP contribution in [0.4, 0.5) is 0 Å². The zero-order valence-corrected chi connectivity index (χ0v) is 12.6. The van der Waals surface area contributed by atoms with Gasteiger partial charge in [0.1, 0.15) is 0 Å². The summed E-state index contributed by atoms with van der Waals surface area (Å²) in [5.41, 5.74) is 4.45. The third-order valence-electron chi connectivity index (χ3n) is 5.41. The highest BCUT2D eigenvalue weighted by atomic mass is 15.3. The van der Waals surface area contributed by atoms with E-state index in [9.17, 15) is 0 Å². The van der Waals surface area contributed by atoms with Gasteiger partial charge in [-0.3, -0.25) is 4.90 Å². The number of hydrogen-bond donors (Lipinski definition) is 0. The molecule has 0 spiro atoms. The first-order valence-corrected chi connectivity index (χ1v) is 7.66. The third-order valence-corrected chi connectivity index (χ3v) is 5.41. The van der Waals surface area contributed by atoms with E-state index in [1.54, 1.807) is 5.69 Å². The van der Waals surface area contributed by atoms with Crippen LogP contribution in [0, 0.1) is 6.92 Å². The second kappa shape index (κ2) is 4.34. The van der Waals surface area contributed by atoms with Gasteiger partial charge in [0, 0.05) is 42.3 Å².